The van der Waals surface area contributed by atoms with Gasteiger partial charge in [-0.3, -0.25) is 15.2 Å². The monoisotopic (exact) mass is 284 g/mol. The Morgan fingerprint density at radius 3 is 3.15 bits per heavy atom. The molecule has 0 unspecified atom stereocenters. The fourth-order valence-electron chi connectivity index (χ4n) is 2.23. The molecule has 1 saturated carbocycles. The van der Waals surface area contributed by atoms with Gasteiger partial charge in [0.2, 0.25) is 0 Å². The molecule has 2 N–H and O–H groups in total. The summed E-state index contributed by atoms with van der Waals surface area (Å²) in [5.74, 6) is 0.449. The first kappa shape index (κ1) is 11.6. The van der Waals surface area contributed by atoms with Crippen LogP contribution in [0.5, 0.6) is 0 Å². The van der Waals surface area contributed by atoms with E-state index in [0.717, 1.165) is 16.6 Å². The van der Waals surface area contributed by atoms with Gasteiger partial charge < -0.3 is 0 Å². The maximum atomic E-state index is 12.3. The summed E-state index contributed by atoms with van der Waals surface area (Å²) in [6.07, 6.45) is 4.13. The first-order chi connectivity index (χ1) is 9.81. The average Bonchev–Trinajstić information content (AvgIpc) is 3.00. The first-order valence-electron chi connectivity index (χ1n) is 6.50. The number of carbonyl (C=O) groups is 1. The number of hydrogen-bond donors (Lipinski definition) is 2. The molecule has 1 aromatic carbocycles. The van der Waals surface area contributed by atoms with Crippen molar-refractivity contribution >= 4 is 33.3 Å². The third kappa shape index (κ3) is 1.98. The molecule has 100 valence electrons. The van der Waals surface area contributed by atoms with Gasteiger partial charge in [-0.1, -0.05) is 12.1 Å². The number of para-hydroxylation sites is 1. The Kier molecular flexibility index (Phi) is 2.56. The summed E-state index contributed by atoms with van der Waals surface area (Å²) in [7, 11) is 0. The van der Waals surface area contributed by atoms with Crippen LogP contribution in [-0.4, -0.2) is 21.1 Å². The van der Waals surface area contributed by atoms with Crippen LogP contribution in [0.1, 0.15) is 34.8 Å². The van der Waals surface area contributed by atoms with Crippen LogP contribution in [-0.2, 0) is 0 Å². The molecule has 1 amide bonds. The van der Waals surface area contributed by atoms with E-state index in [-0.39, 0.29) is 5.91 Å². The molecule has 5 nitrogen and oxygen atoms in total. The van der Waals surface area contributed by atoms with Gasteiger partial charge in [-0.2, -0.15) is 5.10 Å². The van der Waals surface area contributed by atoms with Crippen LogP contribution in [0.15, 0.2) is 29.8 Å². The number of anilines is 1. The second-order valence-corrected chi connectivity index (χ2v) is 5.80. The van der Waals surface area contributed by atoms with Crippen molar-refractivity contribution in [2.45, 2.75) is 18.8 Å². The zero-order valence-corrected chi connectivity index (χ0v) is 11.4. The third-order valence-corrected chi connectivity index (χ3v) is 4.24. The van der Waals surface area contributed by atoms with E-state index < -0.39 is 0 Å². The number of amides is 1. The smallest absolute Gasteiger partial charge is 0.259 e. The maximum absolute atomic E-state index is 12.3. The normalized spacial score (nSPS) is 14.6. The van der Waals surface area contributed by atoms with Crippen LogP contribution in [0.3, 0.4) is 0 Å². The zero-order chi connectivity index (χ0) is 13.5. The van der Waals surface area contributed by atoms with Gasteiger partial charge in [0.05, 0.1) is 23.0 Å². The first-order valence-corrected chi connectivity index (χ1v) is 7.38. The molecule has 20 heavy (non-hydrogen) atoms. The largest absolute Gasteiger partial charge is 0.298 e. The van der Waals surface area contributed by atoms with Gasteiger partial charge in [-0.05, 0) is 18.9 Å². The lowest BCUT2D eigenvalue weighted by atomic mass is 10.1. The van der Waals surface area contributed by atoms with E-state index in [9.17, 15) is 4.79 Å². The predicted octanol–water partition coefficient (Wildman–Crippen LogP) is 3.15. The quantitative estimate of drug-likeness (QED) is 0.776. The Hall–Kier alpha value is -2.21. The zero-order valence-electron chi connectivity index (χ0n) is 10.6. The lowest BCUT2D eigenvalue weighted by Crippen LogP contribution is -2.12. The van der Waals surface area contributed by atoms with Gasteiger partial charge in [0, 0.05) is 16.7 Å². The summed E-state index contributed by atoms with van der Waals surface area (Å²) in [6, 6.07) is 5.56. The minimum Gasteiger partial charge on any atom is -0.298 e. The number of hydrogen-bond acceptors (Lipinski definition) is 4. The van der Waals surface area contributed by atoms with Gasteiger partial charge in [-0.15, -0.1) is 11.3 Å². The number of H-pyrrole nitrogens is 1. The number of fused-ring (bicyclic) bond motifs is 1. The van der Waals surface area contributed by atoms with Crippen molar-refractivity contribution in [3.63, 3.8) is 0 Å². The molecule has 0 saturated heterocycles. The number of aromatic nitrogens is 3. The van der Waals surface area contributed by atoms with Crippen molar-refractivity contribution in [1.82, 2.24) is 15.2 Å². The molecule has 0 aliphatic heterocycles. The number of thiazole rings is 1. The molecule has 4 rings (SSSR count). The number of rotatable bonds is 3. The van der Waals surface area contributed by atoms with Crippen LogP contribution < -0.4 is 5.32 Å². The predicted molar refractivity (Wildman–Crippen MR) is 78.1 cm³/mol. The molecule has 1 aliphatic rings. The Morgan fingerprint density at radius 1 is 1.40 bits per heavy atom. The van der Waals surface area contributed by atoms with Crippen molar-refractivity contribution in [3.8, 4) is 0 Å². The van der Waals surface area contributed by atoms with Crippen LogP contribution in [0.2, 0.25) is 0 Å². The standard InChI is InChI=1S/C14H12N4OS/c19-13(10-3-1-2-9-6-15-18-12(9)10)17-14-16-11(7-20-14)8-4-5-8/h1-3,6-8H,4-5H2,(H,15,18)(H,16,17,19). The topological polar surface area (TPSA) is 70.7 Å². The van der Waals surface area contributed by atoms with Crippen molar-refractivity contribution < 1.29 is 4.79 Å². The highest BCUT2D eigenvalue weighted by Crippen LogP contribution is 2.40. The summed E-state index contributed by atoms with van der Waals surface area (Å²) < 4.78 is 0. The highest BCUT2D eigenvalue weighted by atomic mass is 32.1. The van der Waals surface area contributed by atoms with Crippen molar-refractivity contribution in [3.05, 3.63) is 41.0 Å². The average molecular weight is 284 g/mol. The van der Waals surface area contributed by atoms with Crippen molar-refractivity contribution in [2.75, 3.05) is 5.32 Å². The molecule has 2 heterocycles. The SMILES string of the molecule is O=C(Nc1nc(C2CC2)cs1)c1cccc2cn[nH]c12. The van der Waals surface area contributed by atoms with E-state index in [0.29, 0.717) is 16.6 Å². The van der Waals surface area contributed by atoms with Crippen molar-refractivity contribution in [1.29, 1.82) is 0 Å². The second kappa shape index (κ2) is 4.42. The van der Waals surface area contributed by atoms with Gasteiger partial charge in [-0.25, -0.2) is 4.98 Å². The Labute approximate surface area is 119 Å². The molecular weight excluding hydrogens is 272 g/mol. The molecule has 1 aliphatic carbocycles. The fourth-order valence-corrected chi connectivity index (χ4v) is 3.02. The molecule has 0 spiro atoms. The molecule has 6 heteroatoms. The fraction of sp³-hybridized carbons (Fsp3) is 0.214. The van der Waals surface area contributed by atoms with Crippen LogP contribution >= 0.6 is 11.3 Å². The highest BCUT2D eigenvalue weighted by Gasteiger charge is 2.26. The minimum absolute atomic E-state index is 0.156. The minimum atomic E-state index is -0.156. The molecule has 0 bridgehead atoms. The Balaban J connectivity index is 1.61. The van der Waals surface area contributed by atoms with Gasteiger partial charge in [0.1, 0.15) is 0 Å². The summed E-state index contributed by atoms with van der Waals surface area (Å²) in [6.45, 7) is 0. The van der Waals surface area contributed by atoms with E-state index in [1.54, 1.807) is 12.3 Å². The van der Waals surface area contributed by atoms with E-state index >= 15 is 0 Å². The molecule has 0 atom stereocenters. The van der Waals surface area contributed by atoms with Gasteiger partial charge in [0.15, 0.2) is 5.13 Å². The van der Waals surface area contributed by atoms with Crippen LogP contribution in [0, 0.1) is 0 Å². The van der Waals surface area contributed by atoms with E-state index in [1.165, 1.54) is 24.2 Å². The second-order valence-electron chi connectivity index (χ2n) is 4.95. The van der Waals surface area contributed by atoms with Gasteiger partial charge in [0.25, 0.3) is 5.91 Å². The van der Waals surface area contributed by atoms with Crippen LogP contribution in [0.25, 0.3) is 10.9 Å². The summed E-state index contributed by atoms with van der Waals surface area (Å²) >= 11 is 1.48. The third-order valence-electron chi connectivity index (χ3n) is 3.46. The lowest BCUT2D eigenvalue weighted by Gasteiger charge is -2.02. The molecule has 0 radical (unpaired) electrons. The molecule has 2 aromatic heterocycles. The maximum Gasteiger partial charge on any atom is 0.259 e. The highest BCUT2D eigenvalue weighted by molar-refractivity contribution is 7.14. The van der Waals surface area contributed by atoms with Gasteiger partial charge >= 0.3 is 0 Å². The molecule has 1 fully saturated rings. The summed E-state index contributed by atoms with van der Waals surface area (Å²) in [4.78, 5) is 16.8. The van der Waals surface area contributed by atoms with Crippen molar-refractivity contribution in [2.24, 2.45) is 0 Å². The Bertz CT molecular complexity index is 787. The molecular formula is C14H12N4OS. The number of nitrogens with one attached hydrogen (secondary N) is 2. The number of benzene rings is 1. The lowest BCUT2D eigenvalue weighted by molar-refractivity contribution is 0.102. The van der Waals surface area contributed by atoms with E-state index in [4.69, 9.17) is 0 Å². The van der Waals surface area contributed by atoms with E-state index in [1.807, 2.05) is 17.5 Å². The Morgan fingerprint density at radius 2 is 2.30 bits per heavy atom. The number of aromatic amines is 1. The van der Waals surface area contributed by atoms with Crippen LogP contribution in [0.4, 0.5) is 5.13 Å². The number of carbonyl (C=O) groups excluding carboxylic acids is 1. The summed E-state index contributed by atoms with van der Waals surface area (Å²) in [5.41, 5.74) is 2.44. The number of nitrogens with zero attached hydrogens (tertiary/aromatic N) is 2. The van der Waals surface area contributed by atoms with E-state index in [2.05, 4.69) is 20.5 Å². The summed E-state index contributed by atoms with van der Waals surface area (Å²) in [5, 5.41) is 13.3. The molecule has 3 aromatic rings.